The SMILES string of the molecule is C=CCN1CC[C@@]2(c3cccc(OC(C)=O)c3)C[C@@H](N(C)C(=O)OCc3ccccc3)CC[C@]2(OC(C)=O)C1. The fourth-order valence-corrected chi connectivity index (χ4v) is 6.32. The zero-order chi connectivity index (χ0) is 28.0. The predicted molar refractivity (Wildman–Crippen MR) is 147 cm³/mol. The average Bonchev–Trinajstić information content (AvgIpc) is 2.91. The predicted octanol–water partition coefficient (Wildman–Crippen LogP) is 4.86. The molecule has 2 aliphatic rings. The molecular formula is C31H38N2O6. The van der Waals surface area contributed by atoms with Crippen LogP contribution >= 0.6 is 0 Å². The lowest BCUT2D eigenvalue weighted by atomic mass is 9.55. The van der Waals surface area contributed by atoms with Crippen LogP contribution in [0.3, 0.4) is 0 Å². The summed E-state index contributed by atoms with van der Waals surface area (Å²) < 4.78 is 17.3. The third kappa shape index (κ3) is 6.17. The fraction of sp³-hybridized carbons (Fsp3) is 0.452. The number of hydrogen-bond donors (Lipinski definition) is 0. The molecule has 1 heterocycles. The van der Waals surface area contributed by atoms with E-state index in [1.807, 2.05) is 54.6 Å². The van der Waals surface area contributed by atoms with Crippen LogP contribution < -0.4 is 4.74 Å². The van der Waals surface area contributed by atoms with Gasteiger partial charge in [-0.15, -0.1) is 6.58 Å². The highest BCUT2D eigenvalue weighted by molar-refractivity contribution is 5.70. The quantitative estimate of drug-likeness (QED) is 0.272. The Balaban J connectivity index is 1.68. The number of ether oxygens (including phenoxy) is 3. The summed E-state index contributed by atoms with van der Waals surface area (Å²) in [5.74, 6) is -0.304. The summed E-state index contributed by atoms with van der Waals surface area (Å²) >= 11 is 0. The molecule has 1 saturated carbocycles. The minimum absolute atomic E-state index is 0.139. The van der Waals surface area contributed by atoms with Crippen LogP contribution in [0, 0.1) is 0 Å². The Morgan fingerprint density at radius 1 is 1.08 bits per heavy atom. The molecule has 2 fully saturated rings. The van der Waals surface area contributed by atoms with Crippen LogP contribution in [0.4, 0.5) is 4.79 Å². The zero-order valence-corrected chi connectivity index (χ0v) is 23.1. The highest BCUT2D eigenvalue weighted by Crippen LogP contribution is 2.54. The first kappa shape index (κ1) is 28.4. The molecule has 1 saturated heterocycles. The molecule has 8 heteroatoms. The van der Waals surface area contributed by atoms with Crippen molar-refractivity contribution in [3.05, 3.63) is 78.4 Å². The molecule has 1 aliphatic heterocycles. The highest BCUT2D eigenvalue weighted by Gasteiger charge is 2.61. The van der Waals surface area contributed by atoms with Gasteiger partial charge in [-0.1, -0.05) is 48.5 Å². The van der Waals surface area contributed by atoms with Gasteiger partial charge >= 0.3 is 18.0 Å². The number of likely N-dealkylation sites (tertiary alicyclic amines) is 1. The molecule has 208 valence electrons. The van der Waals surface area contributed by atoms with Crippen molar-refractivity contribution in [2.75, 3.05) is 26.7 Å². The Bertz CT molecular complexity index is 1200. The molecule has 39 heavy (non-hydrogen) atoms. The first-order valence-electron chi connectivity index (χ1n) is 13.4. The number of carbonyl (C=O) groups excluding carboxylic acids is 3. The van der Waals surface area contributed by atoms with Crippen molar-refractivity contribution in [1.82, 2.24) is 9.80 Å². The molecular weight excluding hydrogens is 496 g/mol. The van der Waals surface area contributed by atoms with Crippen molar-refractivity contribution in [2.45, 2.75) is 63.2 Å². The second-order valence-corrected chi connectivity index (χ2v) is 10.6. The van der Waals surface area contributed by atoms with Crippen LogP contribution in [-0.4, -0.2) is 66.2 Å². The van der Waals surface area contributed by atoms with E-state index in [-0.39, 0.29) is 18.6 Å². The molecule has 3 atom stereocenters. The summed E-state index contributed by atoms with van der Waals surface area (Å²) in [6.45, 7) is 8.90. The Morgan fingerprint density at radius 2 is 1.85 bits per heavy atom. The standard InChI is InChI=1S/C31H38N2O6/c1-5-17-33-18-16-30(26-12-9-13-28(19-26)38-23(2)34)20-27(14-15-31(30,22-33)39-24(3)35)32(4)29(36)37-21-25-10-7-6-8-11-25/h5-13,19,27H,1,14-18,20-22H2,2-4H3/t27-,30-,31-/m0/s1. The van der Waals surface area contributed by atoms with E-state index in [1.165, 1.54) is 13.8 Å². The topological polar surface area (TPSA) is 85.4 Å². The van der Waals surface area contributed by atoms with Gasteiger partial charge in [0.2, 0.25) is 0 Å². The van der Waals surface area contributed by atoms with Gasteiger partial charge in [-0.3, -0.25) is 14.5 Å². The first-order chi connectivity index (χ1) is 18.7. The van der Waals surface area contributed by atoms with Gasteiger partial charge in [-0.05, 0) is 55.5 Å². The summed E-state index contributed by atoms with van der Waals surface area (Å²) in [5.41, 5.74) is 0.422. The maximum absolute atomic E-state index is 13.1. The monoisotopic (exact) mass is 534 g/mol. The number of rotatable bonds is 8. The Labute approximate surface area is 230 Å². The van der Waals surface area contributed by atoms with Gasteiger partial charge in [0.25, 0.3) is 0 Å². The van der Waals surface area contributed by atoms with E-state index in [4.69, 9.17) is 14.2 Å². The van der Waals surface area contributed by atoms with E-state index in [1.54, 1.807) is 18.0 Å². The third-order valence-electron chi connectivity index (χ3n) is 8.09. The molecule has 0 N–H and O–H groups in total. The normalized spacial score (nSPS) is 24.6. The number of carbonyl (C=O) groups is 3. The number of esters is 2. The molecule has 2 aromatic carbocycles. The Hall–Kier alpha value is -3.65. The van der Waals surface area contributed by atoms with Gasteiger partial charge < -0.3 is 19.1 Å². The summed E-state index contributed by atoms with van der Waals surface area (Å²) in [4.78, 5) is 41.3. The second kappa shape index (κ2) is 12.0. The zero-order valence-electron chi connectivity index (χ0n) is 23.1. The maximum atomic E-state index is 13.1. The Kier molecular flexibility index (Phi) is 8.75. The molecule has 4 rings (SSSR count). The van der Waals surface area contributed by atoms with Crippen molar-refractivity contribution in [1.29, 1.82) is 0 Å². The number of piperidine rings is 1. The van der Waals surface area contributed by atoms with Gasteiger partial charge in [0, 0.05) is 45.4 Å². The number of nitrogens with zero attached hydrogens (tertiary/aromatic N) is 2. The molecule has 0 spiro atoms. The number of amides is 1. The van der Waals surface area contributed by atoms with E-state index in [2.05, 4.69) is 11.5 Å². The number of hydrogen-bond acceptors (Lipinski definition) is 7. The van der Waals surface area contributed by atoms with Gasteiger partial charge in [0.15, 0.2) is 0 Å². The number of fused-ring (bicyclic) bond motifs is 1. The van der Waals surface area contributed by atoms with Crippen LogP contribution in [0.25, 0.3) is 0 Å². The largest absolute Gasteiger partial charge is 0.457 e. The van der Waals surface area contributed by atoms with Crippen molar-refractivity contribution in [3.8, 4) is 5.75 Å². The summed E-state index contributed by atoms with van der Waals surface area (Å²) in [6, 6.07) is 16.9. The average molecular weight is 535 g/mol. The maximum Gasteiger partial charge on any atom is 0.410 e. The lowest BCUT2D eigenvalue weighted by Gasteiger charge is -2.60. The third-order valence-corrected chi connectivity index (χ3v) is 8.09. The lowest BCUT2D eigenvalue weighted by Crippen LogP contribution is -2.68. The van der Waals surface area contributed by atoms with Crippen molar-refractivity contribution >= 4 is 18.0 Å². The summed E-state index contributed by atoms with van der Waals surface area (Å²) in [7, 11) is 1.77. The molecule has 0 radical (unpaired) electrons. The summed E-state index contributed by atoms with van der Waals surface area (Å²) in [6.07, 6.45) is 3.95. The van der Waals surface area contributed by atoms with E-state index < -0.39 is 23.1 Å². The highest BCUT2D eigenvalue weighted by atomic mass is 16.6. The summed E-state index contributed by atoms with van der Waals surface area (Å²) in [5, 5.41) is 0. The molecule has 0 bridgehead atoms. The van der Waals surface area contributed by atoms with E-state index >= 15 is 0 Å². The van der Waals surface area contributed by atoms with Crippen LogP contribution in [0.1, 0.15) is 50.7 Å². The van der Waals surface area contributed by atoms with Crippen molar-refractivity contribution < 1.29 is 28.6 Å². The van der Waals surface area contributed by atoms with E-state index in [0.717, 1.165) is 17.7 Å². The van der Waals surface area contributed by atoms with Crippen LogP contribution in [-0.2, 0) is 31.1 Å². The van der Waals surface area contributed by atoms with Crippen LogP contribution in [0.15, 0.2) is 67.3 Å². The Morgan fingerprint density at radius 3 is 2.54 bits per heavy atom. The molecule has 1 aliphatic carbocycles. The molecule has 2 aromatic rings. The van der Waals surface area contributed by atoms with E-state index in [9.17, 15) is 14.4 Å². The van der Waals surface area contributed by atoms with Gasteiger partial charge in [-0.25, -0.2) is 4.79 Å². The minimum atomic E-state index is -0.819. The number of benzene rings is 2. The minimum Gasteiger partial charge on any atom is -0.457 e. The lowest BCUT2D eigenvalue weighted by molar-refractivity contribution is -0.188. The second-order valence-electron chi connectivity index (χ2n) is 10.6. The van der Waals surface area contributed by atoms with Crippen molar-refractivity contribution in [2.24, 2.45) is 0 Å². The van der Waals surface area contributed by atoms with Crippen LogP contribution in [0.2, 0.25) is 0 Å². The van der Waals surface area contributed by atoms with E-state index in [0.29, 0.717) is 44.5 Å². The first-order valence-corrected chi connectivity index (χ1v) is 13.4. The van der Waals surface area contributed by atoms with Crippen molar-refractivity contribution in [3.63, 3.8) is 0 Å². The molecule has 0 aromatic heterocycles. The fourth-order valence-electron chi connectivity index (χ4n) is 6.32. The van der Waals surface area contributed by atoms with Gasteiger partial charge in [-0.2, -0.15) is 0 Å². The van der Waals surface area contributed by atoms with Gasteiger partial charge in [0.1, 0.15) is 18.0 Å². The molecule has 1 amide bonds. The smallest absolute Gasteiger partial charge is 0.410 e. The molecule has 0 unspecified atom stereocenters. The molecule has 8 nitrogen and oxygen atoms in total. The van der Waals surface area contributed by atoms with Gasteiger partial charge in [0.05, 0.1) is 0 Å². The van der Waals surface area contributed by atoms with Crippen LogP contribution in [0.5, 0.6) is 5.75 Å².